The number of aliphatic hydroxyl groups excluding tert-OH is 4. The summed E-state index contributed by atoms with van der Waals surface area (Å²) < 4.78 is 16.5. The van der Waals surface area contributed by atoms with Crippen molar-refractivity contribution in [3.8, 4) is 40.1 Å². The number of ether oxygens (including phenoxy) is 2. The zero-order chi connectivity index (χ0) is 24.7. The van der Waals surface area contributed by atoms with Gasteiger partial charge in [-0.05, 0) is 18.2 Å². The van der Waals surface area contributed by atoms with E-state index in [1.807, 2.05) is 0 Å². The number of hydrogen-bond donors (Lipinski definition) is 8. The molecule has 2 heterocycles. The van der Waals surface area contributed by atoms with Gasteiger partial charge in [0.2, 0.25) is 17.8 Å². The number of rotatable bonds is 5. The summed E-state index contributed by atoms with van der Waals surface area (Å²) in [5.74, 6) is -2.85. The van der Waals surface area contributed by atoms with E-state index in [0.29, 0.717) is 0 Å². The first-order valence-electron chi connectivity index (χ1n) is 9.81. The molecule has 8 N–H and O–H groups in total. The first-order valence-corrected chi connectivity index (χ1v) is 9.81. The Balaban J connectivity index is 1.88. The van der Waals surface area contributed by atoms with Crippen molar-refractivity contribution in [2.45, 2.75) is 30.7 Å². The van der Waals surface area contributed by atoms with Gasteiger partial charge in [-0.3, -0.25) is 4.79 Å². The van der Waals surface area contributed by atoms with Crippen molar-refractivity contribution in [3.05, 3.63) is 40.6 Å². The Bertz CT molecular complexity index is 1270. The molecule has 1 aliphatic heterocycles. The highest BCUT2D eigenvalue weighted by atomic mass is 17.1. The third-order valence-electron chi connectivity index (χ3n) is 5.34. The molecule has 1 aromatic heterocycles. The predicted octanol–water partition coefficient (Wildman–Crippen LogP) is -0.393. The van der Waals surface area contributed by atoms with E-state index in [9.17, 15) is 45.8 Å². The van der Waals surface area contributed by atoms with Gasteiger partial charge in [0.1, 0.15) is 41.3 Å². The van der Waals surface area contributed by atoms with Crippen molar-refractivity contribution in [2.24, 2.45) is 0 Å². The molecule has 0 amide bonds. The van der Waals surface area contributed by atoms with E-state index in [0.717, 1.165) is 24.3 Å². The lowest BCUT2D eigenvalue weighted by atomic mass is 9.99. The second-order valence-electron chi connectivity index (χ2n) is 7.51. The maximum absolute atomic E-state index is 12.8. The van der Waals surface area contributed by atoms with Crippen LogP contribution in [0.5, 0.6) is 28.7 Å². The smallest absolute Gasteiger partial charge is 0.229 e. The average molecular weight is 480 g/mol. The molecule has 0 aliphatic carbocycles. The average Bonchev–Trinajstić information content (AvgIpc) is 2.81. The monoisotopic (exact) mass is 480 g/mol. The summed E-state index contributed by atoms with van der Waals surface area (Å²) in [6.07, 6.45) is -8.38. The van der Waals surface area contributed by atoms with Crippen molar-refractivity contribution < 1.29 is 59.8 Å². The number of hydrogen-bond acceptors (Lipinski definition) is 13. The SMILES string of the molecule is O=c1cc(-c2ccc(O)c(O)c2)oc2c(O[C@@H]3O[C@H](CO)[C@H](O)[C@H](O)[C@H]3O)c(OO)cc(O)c12. The Labute approximate surface area is 189 Å². The second kappa shape index (κ2) is 8.98. The van der Waals surface area contributed by atoms with Crippen LogP contribution in [0.2, 0.25) is 0 Å². The van der Waals surface area contributed by atoms with Crippen molar-refractivity contribution >= 4 is 11.0 Å². The van der Waals surface area contributed by atoms with Crippen LogP contribution in [0, 0.1) is 0 Å². The fourth-order valence-electron chi connectivity index (χ4n) is 3.55. The van der Waals surface area contributed by atoms with E-state index in [4.69, 9.17) is 13.9 Å². The Kier molecular flexibility index (Phi) is 6.22. The van der Waals surface area contributed by atoms with Crippen molar-refractivity contribution in [3.63, 3.8) is 0 Å². The first-order chi connectivity index (χ1) is 16.2. The summed E-state index contributed by atoms with van der Waals surface area (Å²) in [5.41, 5.74) is -1.11. The van der Waals surface area contributed by atoms with Crippen LogP contribution in [0.4, 0.5) is 0 Å². The largest absolute Gasteiger partial charge is 0.507 e. The molecule has 13 nitrogen and oxygen atoms in total. The van der Waals surface area contributed by atoms with Crippen LogP contribution in [-0.4, -0.2) is 78.3 Å². The lowest BCUT2D eigenvalue weighted by Crippen LogP contribution is -2.60. The van der Waals surface area contributed by atoms with Gasteiger partial charge in [-0.2, -0.15) is 0 Å². The lowest BCUT2D eigenvalue weighted by molar-refractivity contribution is -0.278. The maximum atomic E-state index is 12.8. The zero-order valence-electron chi connectivity index (χ0n) is 17.1. The van der Waals surface area contributed by atoms with Crippen LogP contribution in [0.25, 0.3) is 22.3 Å². The third-order valence-corrected chi connectivity index (χ3v) is 5.34. The fraction of sp³-hybridized carbons (Fsp3) is 0.286. The van der Waals surface area contributed by atoms with Crippen LogP contribution >= 0.6 is 0 Å². The summed E-state index contributed by atoms with van der Waals surface area (Å²) in [6.45, 7) is -0.742. The third kappa shape index (κ3) is 3.96. The van der Waals surface area contributed by atoms with Crippen molar-refractivity contribution in [2.75, 3.05) is 6.61 Å². The van der Waals surface area contributed by atoms with Crippen molar-refractivity contribution in [1.82, 2.24) is 0 Å². The molecule has 1 fully saturated rings. The molecule has 182 valence electrons. The quantitative estimate of drug-likeness (QED) is 0.133. The Hall–Kier alpha value is -3.59. The molecule has 5 atom stereocenters. The number of fused-ring (bicyclic) bond motifs is 1. The summed E-state index contributed by atoms with van der Waals surface area (Å²) in [5, 5.41) is 78.1. The highest BCUT2D eigenvalue weighted by molar-refractivity contribution is 5.91. The summed E-state index contributed by atoms with van der Waals surface area (Å²) >= 11 is 0. The fourth-order valence-corrected chi connectivity index (χ4v) is 3.55. The summed E-state index contributed by atoms with van der Waals surface area (Å²) in [7, 11) is 0. The Morgan fingerprint density at radius 2 is 1.65 bits per heavy atom. The molecule has 0 saturated carbocycles. The van der Waals surface area contributed by atoms with Gasteiger partial charge < -0.3 is 54.5 Å². The number of phenolic OH excluding ortho intramolecular Hbond substituents is 3. The number of aliphatic hydroxyl groups is 4. The maximum Gasteiger partial charge on any atom is 0.229 e. The van der Waals surface area contributed by atoms with Gasteiger partial charge in [0.25, 0.3) is 0 Å². The van der Waals surface area contributed by atoms with Gasteiger partial charge in [-0.25, -0.2) is 5.26 Å². The predicted molar refractivity (Wildman–Crippen MR) is 111 cm³/mol. The molecule has 1 saturated heterocycles. The minimum atomic E-state index is -1.85. The molecule has 34 heavy (non-hydrogen) atoms. The summed E-state index contributed by atoms with van der Waals surface area (Å²) in [6, 6.07) is 5.38. The number of aromatic hydroxyl groups is 3. The first kappa shape index (κ1) is 23.6. The Morgan fingerprint density at radius 1 is 0.912 bits per heavy atom. The van der Waals surface area contributed by atoms with E-state index < -0.39 is 82.5 Å². The molecule has 0 spiro atoms. The molecule has 0 radical (unpaired) electrons. The van der Waals surface area contributed by atoms with Crippen LogP contribution in [0.3, 0.4) is 0 Å². The van der Waals surface area contributed by atoms with E-state index in [-0.39, 0.29) is 11.3 Å². The molecule has 4 rings (SSSR count). The van der Waals surface area contributed by atoms with Gasteiger partial charge in [0, 0.05) is 17.7 Å². The zero-order valence-corrected chi connectivity index (χ0v) is 17.1. The Morgan fingerprint density at radius 3 is 2.29 bits per heavy atom. The van der Waals surface area contributed by atoms with Gasteiger partial charge in [-0.15, -0.1) is 0 Å². The molecular weight excluding hydrogens is 460 g/mol. The lowest BCUT2D eigenvalue weighted by Gasteiger charge is -2.39. The molecule has 3 aromatic rings. The highest BCUT2D eigenvalue weighted by Crippen LogP contribution is 2.43. The molecule has 13 heteroatoms. The van der Waals surface area contributed by atoms with E-state index >= 15 is 0 Å². The van der Waals surface area contributed by atoms with E-state index in [2.05, 4.69) is 4.89 Å². The summed E-state index contributed by atoms with van der Waals surface area (Å²) in [4.78, 5) is 17.0. The standard InChI is InChI=1S/C21H20O13/c22-6-14-16(27)17(28)18(29)21(32-14)33-19-13(34-30)5-11(26)15-10(25)4-12(31-20(15)19)7-1-2-8(23)9(24)3-7/h1-5,14,16-18,21-24,26-30H,6H2/t14-,16+,17+,18-,21+/m1/s1. The minimum Gasteiger partial charge on any atom is -0.507 e. The minimum absolute atomic E-state index is 0.142. The van der Waals surface area contributed by atoms with Crippen LogP contribution in [0.1, 0.15) is 0 Å². The van der Waals surface area contributed by atoms with Gasteiger partial charge >= 0.3 is 0 Å². The molecule has 0 unspecified atom stereocenters. The number of phenols is 3. The second-order valence-corrected chi connectivity index (χ2v) is 7.51. The molecule has 0 bridgehead atoms. The molecule has 1 aliphatic rings. The molecule has 2 aromatic carbocycles. The number of benzene rings is 2. The van der Waals surface area contributed by atoms with Crippen LogP contribution in [-0.2, 0) is 4.74 Å². The highest BCUT2D eigenvalue weighted by Gasteiger charge is 2.45. The van der Waals surface area contributed by atoms with Crippen LogP contribution in [0.15, 0.2) is 39.5 Å². The van der Waals surface area contributed by atoms with Gasteiger partial charge in [0.05, 0.1) is 6.61 Å². The van der Waals surface area contributed by atoms with E-state index in [1.54, 1.807) is 0 Å². The van der Waals surface area contributed by atoms with Crippen LogP contribution < -0.4 is 15.1 Å². The van der Waals surface area contributed by atoms with E-state index in [1.165, 1.54) is 6.07 Å². The normalized spacial score (nSPS) is 24.8. The van der Waals surface area contributed by atoms with Gasteiger partial charge in [0.15, 0.2) is 22.5 Å². The van der Waals surface area contributed by atoms with Gasteiger partial charge in [-0.1, -0.05) is 0 Å². The van der Waals surface area contributed by atoms with Crippen molar-refractivity contribution in [1.29, 1.82) is 0 Å². The molecular formula is C21H20O13. The topological polar surface area (TPSA) is 220 Å².